The summed E-state index contributed by atoms with van der Waals surface area (Å²) in [5.74, 6) is -0.770. The molecule has 3 aromatic rings. The van der Waals surface area contributed by atoms with Crippen molar-refractivity contribution >= 4 is 29.6 Å². The number of carbonyl (C=O) groups is 3. The van der Waals surface area contributed by atoms with Gasteiger partial charge in [-0.05, 0) is 68.0 Å². The quantitative estimate of drug-likeness (QED) is 0.487. The zero-order chi connectivity index (χ0) is 23.0. The van der Waals surface area contributed by atoms with Crippen molar-refractivity contribution in [1.82, 2.24) is 9.88 Å². The van der Waals surface area contributed by atoms with E-state index in [4.69, 9.17) is 4.74 Å². The van der Waals surface area contributed by atoms with Gasteiger partial charge in [-0.2, -0.15) is 0 Å². The Kier molecular flexibility index (Phi) is 5.28. The minimum atomic E-state index is -0.812. The number of urea groups is 1. The summed E-state index contributed by atoms with van der Waals surface area (Å²) in [7, 11) is 1.51. The molecule has 162 valence electrons. The van der Waals surface area contributed by atoms with Gasteiger partial charge >= 0.3 is 6.03 Å². The highest BCUT2D eigenvalue weighted by atomic mass is 16.5. The molecule has 0 saturated carbocycles. The summed E-state index contributed by atoms with van der Waals surface area (Å²) in [5, 5.41) is 12.0. The number of anilines is 1. The van der Waals surface area contributed by atoms with E-state index >= 15 is 0 Å². The summed E-state index contributed by atoms with van der Waals surface area (Å²) >= 11 is 0. The Morgan fingerprint density at radius 3 is 2.34 bits per heavy atom. The number of imide groups is 2. The molecule has 2 heterocycles. The van der Waals surface area contributed by atoms with Crippen LogP contribution in [-0.4, -0.2) is 34.6 Å². The lowest BCUT2D eigenvalue weighted by atomic mass is 10.1. The fraction of sp³-hybridized carbons (Fsp3) is 0.125. The SMILES string of the molecule is COc1ccc(N2C(=O)NC(=O)/C(=C/c3cc(C)n(-c4cccc(O)c4)c3C)C2=O)cc1. The van der Waals surface area contributed by atoms with Crippen LogP contribution in [0.2, 0.25) is 0 Å². The molecule has 8 nitrogen and oxygen atoms in total. The Bertz CT molecular complexity index is 1270. The first-order valence-electron chi connectivity index (χ1n) is 9.84. The largest absolute Gasteiger partial charge is 0.508 e. The molecule has 4 amide bonds. The van der Waals surface area contributed by atoms with Crippen LogP contribution < -0.4 is 15.0 Å². The van der Waals surface area contributed by atoms with Gasteiger partial charge < -0.3 is 14.4 Å². The van der Waals surface area contributed by atoms with Crippen LogP contribution in [0, 0.1) is 13.8 Å². The molecule has 1 fully saturated rings. The van der Waals surface area contributed by atoms with E-state index in [1.807, 2.05) is 30.5 Å². The fourth-order valence-electron chi connectivity index (χ4n) is 3.74. The highest BCUT2D eigenvalue weighted by Gasteiger charge is 2.37. The molecule has 0 aliphatic carbocycles. The number of phenols is 1. The number of carbonyl (C=O) groups excluding carboxylic acids is 3. The number of barbiturate groups is 1. The predicted octanol–water partition coefficient (Wildman–Crippen LogP) is 3.47. The van der Waals surface area contributed by atoms with Crippen molar-refractivity contribution in [2.24, 2.45) is 0 Å². The molecule has 4 rings (SSSR count). The van der Waals surface area contributed by atoms with Gasteiger partial charge in [-0.15, -0.1) is 0 Å². The van der Waals surface area contributed by atoms with Crippen LogP contribution in [0.15, 0.2) is 60.2 Å². The topological polar surface area (TPSA) is 101 Å². The molecule has 0 bridgehead atoms. The molecular weight excluding hydrogens is 410 g/mol. The number of amides is 4. The summed E-state index contributed by atoms with van der Waals surface area (Å²) in [6.45, 7) is 3.73. The molecule has 0 radical (unpaired) electrons. The third-order valence-corrected chi connectivity index (χ3v) is 5.29. The minimum absolute atomic E-state index is 0.130. The van der Waals surface area contributed by atoms with Crippen molar-refractivity contribution in [2.75, 3.05) is 12.0 Å². The van der Waals surface area contributed by atoms with Crippen LogP contribution in [0.1, 0.15) is 17.0 Å². The van der Waals surface area contributed by atoms with E-state index in [1.165, 1.54) is 13.2 Å². The van der Waals surface area contributed by atoms with E-state index in [2.05, 4.69) is 5.32 Å². The number of methoxy groups -OCH3 is 1. The molecule has 0 unspecified atom stereocenters. The van der Waals surface area contributed by atoms with Gasteiger partial charge in [-0.3, -0.25) is 14.9 Å². The van der Waals surface area contributed by atoms with Crippen LogP contribution in [0.4, 0.5) is 10.5 Å². The Morgan fingerprint density at radius 2 is 1.69 bits per heavy atom. The Morgan fingerprint density at radius 1 is 0.969 bits per heavy atom. The number of nitrogens with one attached hydrogen (secondary N) is 1. The van der Waals surface area contributed by atoms with E-state index in [0.29, 0.717) is 17.0 Å². The average molecular weight is 431 g/mol. The number of rotatable bonds is 4. The van der Waals surface area contributed by atoms with Crippen molar-refractivity contribution in [3.05, 3.63) is 77.1 Å². The third kappa shape index (κ3) is 3.62. The van der Waals surface area contributed by atoms with E-state index in [0.717, 1.165) is 22.0 Å². The lowest BCUT2D eigenvalue weighted by Crippen LogP contribution is -2.54. The molecule has 1 aliphatic rings. The number of ether oxygens (including phenoxy) is 1. The average Bonchev–Trinajstić information content (AvgIpc) is 3.04. The molecule has 32 heavy (non-hydrogen) atoms. The van der Waals surface area contributed by atoms with Crippen molar-refractivity contribution in [3.63, 3.8) is 0 Å². The maximum Gasteiger partial charge on any atom is 0.335 e. The number of aromatic nitrogens is 1. The minimum Gasteiger partial charge on any atom is -0.508 e. The van der Waals surface area contributed by atoms with Crippen molar-refractivity contribution < 1.29 is 24.2 Å². The summed E-state index contributed by atoms with van der Waals surface area (Å²) < 4.78 is 7.02. The first-order chi connectivity index (χ1) is 15.3. The van der Waals surface area contributed by atoms with E-state index < -0.39 is 17.8 Å². The summed E-state index contributed by atoms with van der Waals surface area (Å²) in [4.78, 5) is 38.9. The monoisotopic (exact) mass is 431 g/mol. The zero-order valence-corrected chi connectivity index (χ0v) is 17.7. The maximum absolute atomic E-state index is 13.1. The number of nitrogens with zero attached hydrogens (tertiary/aromatic N) is 2. The Balaban J connectivity index is 1.74. The van der Waals surface area contributed by atoms with E-state index in [9.17, 15) is 19.5 Å². The standard InChI is InChI=1S/C24H21N3O5/c1-14-11-16(15(2)26(14)18-5-4-6-19(28)13-18)12-21-22(29)25-24(31)27(23(21)30)17-7-9-20(32-3)10-8-17/h4-13,28H,1-3H3,(H,25,29,31)/b21-12-. The smallest absolute Gasteiger partial charge is 0.335 e. The van der Waals surface area contributed by atoms with Gasteiger partial charge in [0.15, 0.2) is 0 Å². The number of benzene rings is 2. The molecule has 2 aromatic carbocycles. The van der Waals surface area contributed by atoms with Crippen molar-refractivity contribution in [2.45, 2.75) is 13.8 Å². The molecule has 1 aliphatic heterocycles. The molecule has 1 aromatic heterocycles. The second-order valence-corrected chi connectivity index (χ2v) is 7.34. The molecule has 0 atom stereocenters. The highest BCUT2D eigenvalue weighted by molar-refractivity contribution is 6.39. The number of hydrogen-bond acceptors (Lipinski definition) is 5. The van der Waals surface area contributed by atoms with Crippen LogP contribution in [-0.2, 0) is 9.59 Å². The van der Waals surface area contributed by atoms with Crippen LogP contribution >= 0.6 is 0 Å². The number of phenolic OH excluding ortho intramolecular Hbond substituents is 1. The fourth-order valence-corrected chi connectivity index (χ4v) is 3.74. The van der Waals surface area contributed by atoms with Gasteiger partial charge in [0.2, 0.25) is 0 Å². The first-order valence-corrected chi connectivity index (χ1v) is 9.84. The second-order valence-electron chi connectivity index (χ2n) is 7.34. The lowest BCUT2D eigenvalue weighted by molar-refractivity contribution is -0.122. The lowest BCUT2D eigenvalue weighted by Gasteiger charge is -2.26. The van der Waals surface area contributed by atoms with Gasteiger partial charge in [-0.1, -0.05) is 6.07 Å². The van der Waals surface area contributed by atoms with Gasteiger partial charge in [0, 0.05) is 23.1 Å². The maximum atomic E-state index is 13.1. The summed E-state index contributed by atoms with van der Waals surface area (Å²) in [6.07, 6.45) is 1.47. The first kappa shape index (κ1) is 20.9. The van der Waals surface area contributed by atoms with Crippen LogP contribution in [0.5, 0.6) is 11.5 Å². The molecule has 2 N–H and O–H groups in total. The zero-order valence-electron chi connectivity index (χ0n) is 17.7. The summed E-state index contributed by atoms with van der Waals surface area (Å²) in [5.41, 5.74) is 3.18. The van der Waals surface area contributed by atoms with Crippen LogP contribution in [0.25, 0.3) is 11.8 Å². The number of aromatic hydroxyl groups is 1. The van der Waals surface area contributed by atoms with Gasteiger partial charge in [0.1, 0.15) is 17.1 Å². The van der Waals surface area contributed by atoms with Crippen molar-refractivity contribution in [1.29, 1.82) is 0 Å². The molecule has 8 heteroatoms. The molecule has 0 spiro atoms. The van der Waals surface area contributed by atoms with Gasteiger partial charge in [0.25, 0.3) is 11.8 Å². The van der Waals surface area contributed by atoms with Crippen molar-refractivity contribution in [3.8, 4) is 17.2 Å². The Labute approximate surface area is 184 Å². The molecule has 1 saturated heterocycles. The Hall–Kier alpha value is -4.33. The highest BCUT2D eigenvalue weighted by Crippen LogP contribution is 2.27. The molecular formula is C24H21N3O5. The number of hydrogen-bond donors (Lipinski definition) is 2. The van der Waals surface area contributed by atoms with Gasteiger partial charge in [-0.25, -0.2) is 9.69 Å². The third-order valence-electron chi connectivity index (χ3n) is 5.29. The predicted molar refractivity (Wildman–Crippen MR) is 119 cm³/mol. The number of aryl methyl sites for hydroxylation is 1. The summed E-state index contributed by atoms with van der Waals surface area (Å²) in [6, 6.07) is 14.2. The van der Waals surface area contributed by atoms with Crippen LogP contribution in [0.3, 0.4) is 0 Å². The van der Waals surface area contributed by atoms with Gasteiger partial charge in [0.05, 0.1) is 12.8 Å². The second kappa shape index (κ2) is 8.07. The van der Waals surface area contributed by atoms with E-state index in [1.54, 1.807) is 42.5 Å². The van der Waals surface area contributed by atoms with E-state index in [-0.39, 0.29) is 11.3 Å². The normalized spacial score (nSPS) is 15.3.